The number of aromatic amines is 1. The molecule has 1 atom stereocenters. The number of H-pyrrole nitrogens is 1. The van der Waals surface area contributed by atoms with Gasteiger partial charge in [0.15, 0.2) is 0 Å². The molecule has 0 spiro atoms. The topological polar surface area (TPSA) is 95.2 Å². The summed E-state index contributed by atoms with van der Waals surface area (Å²) >= 11 is 0. The number of aryl methyl sites for hydroxylation is 2. The molecule has 142 valence electrons. The zero-order valence-corrected chi connectivity index (χ0v) is 15.6. The van der Waals surface area contributed by atoms with Gasteiger partial charge in [-0.3, -0.25) is 9.59 Å². The smallest absolute Gasteiger partial charge is 0.345 e. The van der Waals surface area contributed by atoms with Crippen LogP contribution >= 0.6 is 0 Å². The van der Waals surface area contributed by atoms with Crippen LogP contribution in [0.1, 0.15) is 35.4 Å². The van der Waals surface area contributed by atoms with Gasteiger partial charge < -0.3 is 15.2 Å². The zero-order chi connectivity index (χ0) is 19.4. The van der Waals surface area contributed by atoms with E-state index in [1.165, 1.54) is 0 Å². The molecule has 3 rings (SSSR count). The molecule has 0 saturated carbocycles. The molecule has 27 heavy (non-hydrogen) atoms. The van der Waals surface area contributed by atoms with Crippen molar-refractivity contribution in [3.8, 4) is 0 Å². The summed E-state index contributed by atoms with van der Waals surface area (Å²) in [6.07, 6.45) is 1.12. The van der Waals surface area contributed by atoms with Gasteiger partial charge in [-0.2, -0.15) is 4.98 Å². The molecule has 7 nitrogen and oxygen atoms in total. The van der Waals surface area contributed by atoms with Crippen LogP contribution in [-0.4, -0.2) is 39.3 Å². The van der Waals surface area contributed by atoms with Gasteiger partial charge in [-0.25, -0.2) is 4.79 Å². The van der Waals surface area contributed by atoms with E-state index >= 15 is 0 Å². The highest BCUT2D eigenvalue weighted by atomic mass is 16.2. The van der Waals surface area contributed by atoms with Gasteiger partial charge in [0, 0.05) is 37.3 Å². The predicted molar refractivity (Wildman–Crippen MR) is 101 cm³/mol. The average Bonchev–Trinajstić information content (AvgIpc) is 2.93. The molecule has 1 unspecified atom stereocenters. The second-order valence-electron chi connectivity index (χ2n) is 6.96. The first-order chi connectivity index (χ1) is 12.9. The van der Waals surface area contributed by atoms with Gasteiger partial charge in [0.1, 0.15) is 0 Å². The molecule has 1 aromatic carbocycles. The highest BCUT2D eigenvalue weighted by Crippen LogP contribution is 2.16. The van der Waals surface area contributed by atoms with Gasteiger partial charge in [0.2, 0.25) is 11.8 Å². The number of likely N-dealkylation sites (tertiary alicyclic amines) is 1. The number of carbonyl (C=O) groups is 2. The molecule has 2 heterocycles. The van der Waals surface area contributed by atoms with E-state index in [2.05, 4.69) is 15.3 Å². The van der Waals surface area contributed by atoms with Crippen molar-refractivity contribution >= 4 is 11.8 Å². The molecule has 0 radical (unpaired) electrons. The van der Waals surface area contributed by atoms with E-state index in [-0.39, 0.29) is 23.5 Å². The molecule has 0 aliphatic carbocycles. The Bertz CT molecular complexity index is 866. The van der Waals surface area contributed by atoms with Crippen LogP contribution in [0.2, 0.25) is 0 Å². The van der Waals surface area contributed by atoms with Crippen LogP contribution in [0.25, 0.3) is 0 Å². The molecule has 0 bridgehead atoms. The van der Waals surface area contributed by atoms with Crippen molar-refractivity contribution in [1.82, 2.24) is 20.2 Å². The number of aromatic nitrogens is 2. The fraction of sp³-hybridized carbons (Fsp3) is 0.400. The third kappa shape index (κ3) is 4.81. The maximum absolute atomic E-state index is 12.3. The third-order valence-corrected chi connectivity index (χ3v) is 4.85. The van der Waals surface area contributed by atoms with Crippen LogP contribution in [-0.2, 0) is 22.6 Å². The van der Waals surface area contributed by atoms with Crippen LogP contribution in [0.3, 0.4) is 0 Å². The van der Waals surface area contributed by atoms with Crippen LogP contribution in [0, 0.1) is 13.8 Å². The van der Waals surface area contributed by atoms with Crippen LogP contribution in [0.15, 0.2) is 35.1 Å². The molecule has 2 N–H and O–H groups in total. The van der Waals surface area contributed by atoms with E-state index in [9.17, 15) is 14.4 Å². The number of hydrogen-bond acceptors (Lipinski definition) is 4. The Morgan fingerprint density at radius 1 is 1.26 bits per heavy atom. The highest BCUT2D eigenvalue weighted by molar-refractivity contribution is 5.82. The predicted octanol–water partition coefficient (Wildman–Crippen LogP) is 1.24. The molecule has 1 saturated heterocycles. The lowest BCUT2D eigenvalue weighted by molar-refractivity contribution is -0.128. The number of carbonyl (C=O) groups excluding carboxylic acids is 2. The Labute approximate surface area is 157 Å². The lowest BCUT2D eigenvalue weighted by Crippen LogP contribution is -2.37. The maximum Gasteiger partial charge on any atom is 0.345 e. The largest absolute Gasteiger partial charge is 0.351 e. The van der Waals surface area contributed by atoms with Crippen LogP contribution in [0.4, 0.5) is 0 Å². The zero-order valence-electron chi connectivity index (χ0n) is 15.6. The quantitative estimate of drug-likeness (QED) is 0.802. The van der Waals surface area contributed by atoms with Crippen molar-refractivity contribution in [1.29, 1.82) is 0 Å². The molecule has 2 amide bonds. The minimum absolute atomic E-state index is 0.0562. The van der Waals surface area contributed by atoms with E-state index in [0.717, 1.165) is 16.8 Å². The fourth-order valence-corrected chi connectivity index (χ4v) is 3.49. The number of benzene rings is 1. The Morgan fingerprint density at radius 3 is 2.70 bits per heavy atom. The van der Waals surface area contributed by atoms with Gasteiger partial charge in [-0.15, -0.1) is 0 Å². The van der Waals surface area contributed by atoms with Crippen molar-refractivity contribution in [3.63, 3.8) is 0 Å². The van der Waals surface area contributed by atoms with Crippen molar-refractivity contribution < 1.29 is 9.59 Å². The van der Waals surface area contributed by atoms with Crippen molar-refractivity contribution in [2.75, 3.05) is 6.54 Å². The third-order valence-electron chi connectivity index (χ3n) is 4.85. The monoisotopic (exact) mass is 368 g/mol. The summed E-state index contributed by atoms with van der Waals surface area (Å²) in [7, 11) is 0. The van der Waals surface area contributed by atoms with E-state index in [1.807, 2.05) is 30.3 Å². The van der Waals surface area contributed by atoms with Gasteiger partial charge in [-0.1, -0.05) is 30.3 Å². The summed E-state index contributed by atoms with van der Waals surface area (Å²) in [6, 6.07) is 9.66. The van der Waals surface area contributed by atoms with Gasteiger partial charge in [0.25, 0.3) is 0 Å². The van der Waals surface area contributed by atoms with Gasteiger partial charge in [0.05, 0.1) is 6.04 Å². The van der Waals surface area contributed by atoms with Gasteiger partial charge in [-0.05, 0) is 31.4 Å². The molecule has 1 aromatic heterocycles. The first-order valence-electron chi connectivity index (χ1n) is 9.10. The summed E-state index contributed by atoms with van der Waals surface area (Å²) < 4.78 is 0. The van der Waals surface area contributed by atoms with E-state index < -0.39 is 0 Å². The van der Waals surface area contributed by atoms with Crippen molar-refractivity contribution in [2.45, 2.75) is 45.7 Å². The maximum atomic E-state index is 12.3. The number of hydrogen-bond donors (Lipinski definition) is 2. The minimum Gasteiger partial charge on any atom is -0.351 e. The summed E-state index contributed by atoms with van der Waals surface area (Å²) in [4.78, 5) is 44.2. The Morgan fingerprint density at radius 2 is 2.00 bits per heavy atom. The minimum atomic E-state index is -0.374. The first kappa shape index (κ1) is 18.8. The Balaban J connectivity index is 1.51. The fourth-order valence-electron chi connectivity index (χ4n) is 3.49. The molecule has 1 aliphatic rings. The van der Waals surface area contributed by atoms with Crippen molar-refractivity contribution in [3.05, 3.63) is 63.3 Å². The molecular formula is C20H24N4O3. The summed E-state index contributed by atoms with van der Waals surface area (Å²) in [5.74, 6) is -0.0416. The Hall–Kier alpha value is -2.96. The molecular weight excluding hydrogens is 344 g/mol. The number of nitrogens with zero attached hydrogens (tertiary/aromatic N) is 2. The normalized spacial score (nSPS) is 16.6. The lowest BCUT2D eigenvalue weighted by Gasteiger charge is -2.17. The lowest BCUT2D eigenvalue weighted by atomic mass is 10.1. The first-order valence-corrected chi connectivity index (χ1v) is 9.10. The average molecular weight is 368 g/mol. The second-order valence-corrected chi connectivity index (χ2v) is 6.96. The number of nitrogens with one attached hydrogen (secondary N) is 2. The Kier molecular flexibility index (Phi) is 5.69. The summed E-state index contributed by atoms with van der Waals surface area (Å²) in [5.41, 5.74) is 2.98. The van der Waals surface area contributed by atoms with E-state index in [4.69, 9.17) is 0 Å². The SMILES string of the molecule is Cc1nc(=O)[nH]c(C)c1CCC(=O)NC1CC(=O)N(Cc2ccccc2)C1. The molecule has 1 aliphatic heterocycles. The molecule has 1 fully saturated rings. The van der Waals surface area contributed by atoms with Gasteiger partial charge >= 0.3 is 5.69 Å². The summed E-state index contributed by atoms with van der Waals surface area (Å²) in [5, 5.41) is 2.95. The summed E-state index contributed by atoms with van der Waals surface area (Å²) in [6.45, 7) is 4.66. The van der Waals surface area contributed by atoms with Crippen molar-refractivity contribution in [2.24, 2.45) is 0 Å². The number of amides is 2. The van der Waals surface area contributed by atoms with Crippen LogP contribution < -0.4 is 11.0 Å². The van der Waals surface area contributed by atoms with E-state index in [1.54, 1.807) is 18.7 Å². The number of rotatable bonds is 6. The van der Waals surface area contributed by atoms with E-state index in [0.29, 0.717) is 38.0 Å². The molecule has 2 aromatic rings. The standard InChI is InChI=1S/C20H24N4O3/c1-13-17(14(2)22-20(27)21-13)8-9-18(25)23-16-10-19(26)24(12-16)11-15-6-4-3-5-7-15/h3-7,16H,8-12H2,1-2H3,(H,23,25)(H,21,22,27). The van der Waals surface area contributed by atoms with Crippen LogP contribution in [0.5, 0.6) is 0 Å². The molecule has 7 heteroatoms. The highest BCUT2D eigenvalue weighted by Gasteiger charge is 2.30. The second kappa shape index (κ2) is 8.16.